The predicted molar refractivity (Wildman–Crippen MR) is 123 cm³/mol. The van der Waals surface area contributed by atoms with E-state index in [1.54, 1.807) is 61.7 Å². The van der Waals surface area contributed by atoms with Crippen LogP contribution in [0.25, 0.3) is 0 Å². The van der Waals surface area contributed by atoms with E-state index in [2.05, 4.69) is 21.2 Å². The van der Waals surface area contributed by atoms with E-state index in [-0.39, 0.29) is 18.4 Å². The second kappa shape index (κ2) is 10.8. The molecule has 3 rings (SSSR count). The molecular formula is C23H21ClN4O3. The van der Waals surface area contributed by atoms with Crippen LogP contribution >= 0.6 is 11.6 Å². The fraction of sp³-hybridized carbons (Fsp3) is 0.0870. The van der Waals surface area contributed by atoms with E-state index in [9.17, 15) is 9.59 Å². The lowest BCUT2D eigenvalue weighted by Gasteiger charge is -2.09. The van der Waals surface area contributed by atoms with E-state index in [0.717, 1.165) is 0 Å². The van der Waals surface area contributed by atoms with Gasteiger partial charge in [-0.1, -0.05) is 48.0 Å². The van der Waals surface area contributed by atoms with Gasteiger partial charge >= 0.3 is 0 Å². The number of amides is 2. The molecule has 0 unspecified atom stereocenters. The maximum Gasteiger partial charge on any atom is 0.259 e. The van der Waals surface area contributed by atoms with Crippen molar-refractivity contribution in [1.82, 2.24) is 5.43 Å². The third-order valence-electron chi connectivity index (χ3n) is 4.21. The number of hydrogen-bond acceptors (Lipinski definition) is 5. The molecule has 0 radical (unpaired) electrons. The molecule has 8 heteroatoms. The van der Waals surface area contributed by atoms with Gasteiger partial charge in [0.05, 0.1) is 36.1 Å². The Hall–Kier alpha value is -3.84. The van der Waals surface area contributed by atoms with Gasteiger partial charge in [-0.05, 0) is 42.0 Å². The number of rotatable bonds is 8. The van der Waals surface area contributed by atoms with Crippen molar-refractivity contribution in [2.75, 3.05) is 24.3 Å². The van der Waals surface area contributed by atoms with E-state index in [0.29, 0.717) is 33.3 Å². The van der Waals surface area contributed by atoms with Crippen LogP contribution in [-0.2, 0) is 4.79 Å². The normalized spacial score (nSPS) is 10.5. The fourth-order valence-corrected chi connectivity index (χ4v) is 2.95. The molecule has 0 atom stereocenters. The van der Waals surface area contributed by atoms with E-state index < -0.39 is 0 Å². The molecule has 2 amide bonds. The first-order valence-electron chi connectivity index (χ1n) is 9.41. The number of hydrogen-bond donors (Lipinski definition) is 3. The number of halogens is 1. The summed E-state index contributed by atoms with van der Waals surface area (Å²) in [5.41, 5.74) is 4.84. The molecule has 0 heterocycles. The Morgan fingerprint density at radius 2 is 1.81 bits per heavy atom. The summed E-state index contributed by atoms with van der Waals surface area (Å²) in [4.78, 5) is 24.4. The summed E-state index contributed by atoms with van der Waals surface area (Å²) in [7, 11) is 1.57. The van der Waals surface area contributed by atoms with Gasteiger partial charge < -0.3 is 15.4 Å². The lowest BCUT2D eigenvalue weighted by Crippen LogP contribution is -2.26. The number of carbonyl (C=O) groups excluding carboxylic acids is 2. The minimum Gasteiger partial charge on any atom is -0.495 e. The van der Waals surface area contributed by atoms with E-state index in [1.807, 2.05) is 18.2 Å². The number of methoxy groups -OCH3 is 1. The van der Waals surface area contributed by atoms with Crippen LogP contribution < -0.4 is 20.8 Å². The van der Waals surface area contributed by atoms with Gasteiger partial charge in [0.1, 0.15) is 5.75 Å². The first-order chi connectivity index (χ1) is 15.1. The number of nitrogens with one attached hydrogen (secondary N) is 3. The third-order valence-corrected chi connectivity index (χ3v) is 4.54. The van der Waals surface area contributed by atoms with E-state index in [1.165, 1.54) is 6.21 Å². The number of ether oxygens (including phenoxy) is 1. The Kier molecular flexibility index (Phi) is 7.61. The maximum absolute atomic E-state index is 12.4. The molecule has 3 aromatic rings. The van der Waals surface area contributed by atoms with Crippen molar-refractivity contribution in [2.24, 2.45) is 5.10 Å². The zero-order valence-corrected chi connectivity index (χ0v) is 17.5. The predicted octanol–water partition coefficient (Wildman–Crippen LogP) is 4.16. The highest BCUT2D eigenvalue weighted by atomic mass is 35.5. The average molecular weight is 437 g/mol. The Balaban J connectivity index is 1.53. The van der Waals surface area contributed by atoms with Gasteiger partial charge in [0.2, 0.25) is 0 Å². The summed E-state index contributed by atoms with van der Waals surface area (Å²) >= 11 is 6.06. The average Bonchev–Trinajstić information content (AvgIpc) is 2.78. The van der Waals surface area contributed by atoms with Gasteiger partial charge in [0.25, 0.3) is 11.8 Å². The molecule has 158 valence electrons. The molecule has 0 aromatic heterocycles. The molecule has 31 heavy (non-hydrogen) atoms. The topological polar surface area (TPSA) is 91.8 Å². The Labute approximate surface area is 185 Å². The minimum atomic E-state index is -0.315. The van der Waals surface area contributed by atoms with Crippen LogP contribution in [0.2, 0.25) is 5.02 Å². The SMILES string of the molecule is COc1ccccc1NCC(=O)N/N=C/c1cccc(NC(=O)c2ccccc2Cl)c1. The number of carbonyl (C=O) groups is 2. The Morgan fingerprint density at radius 1 is 1.03 bits per heavy atom. The van der Waals surface area contributed by atoms with Crippen LogP contribution in [0.4, 0.5) is 11.4 Å². The maximum atomic E-state index is 12.4. The molecule has 0 bridgehead atoms. The van der Waals surface area contributed by atoms with Crippen molar-refractivity contribution < 1.29 is 14.3 Å². The van der Waals surface area contributed by atoms with Crippen molar-refractivity contribution in [2.45, 2.75) is 0 Å². The van der Waals surface area contributed by atoms with Crippen molar-refractivity contribution in [3.05, 3.63) is 88.9 Å². The van der Waals surface area contributed by atoms with Crippen LogP contribution in [0.1, 0.15) is 15.9 Å². The highest BCUT2D eigenvalue weighted by Crippen LogP contribution is 2.22. The van der Waals surface area contributed by atoms with Crippen LogP contribution in [0.3, 0.4) is 0 Å². The van der Waals surface area contributed by atoms with Crippen LogP contribution in [0.15, 0.2) is 77.9 Å². The molecule has 0 saturated heterocycles. The summed E-state index contributed by atoms with van der Waals surface area (Å²) in [6, 6.07) is 21.2. The molecule has 3 N–H and O–H groups in total. The molecule has 7 nitrogen and oxygen atoms in total. The van der Waals surface area contributed by atoms with Crippen molar-refractivity contribution in [1.29, 1.82) is 0 Å². The van der Waals surface area contributed by atoms with Gasteiger partial charge in [-0.25, -0.2) is 5.43 Å². The fourth-order valence-electron chi connectivity index (χ4n) is 2.73. The van der Waals surface area contributed by atoms with Crippen molar-refractivity contribution in [3.8, 4) is 5.75 Å². The lowest BCUT2D eigenvalue weighted by molar-refractivity contribution is -0.119. The summed E-state index contributed by atoms with van der Waals surface area (Å²) in [6.45, 7) is 0.0334. The molecule has 0 aliphatic rings. The number of nitrogens with zero attached hydrogens (tertiary/aromatic N) is 1. The second-order valence-electron chi connectivity index (χ2n) is 6.41. The van der Waals surface area contributed by atoms with Gasteiger partial charge in [-0.3, -0.25) is 9.59 Å². The third kappa shape index (κ3) is 6.32. The number of para-hydroxylation sites is 2. The molecule has 0 aliphatic carbocycles. The lowest BCUT2D eigenvalue weighted by atomic mass is 10.2. The highest BCUT2D eigenvalue weighted by molar-refractivity contribution is 6.34. The number of hydrazone groups is 1. The molecule has 0 saturated carbocycles. The molecule has 0 fully saturated rings. The van der Waals surface area contributed by atoms with Gasteiger partial charge in [0.15, 0.2) is 0 Å². The minimum absolute atomic E-state index is 0.0334. The summed E-state index contributed by atoms with van der Waals surface area (Å²) in [5.74, 6) is 0.0233. The van der Waals surface area contributed by atoms with Crippen molar-refractivity contribution >= 4 is 41.0 Å². The summed E-state index contributed by atoms with van der Waals surface area (Å²) in [5, 5.41) is 10.1. The first-order valence-corrected chi connectivity index (χ1v) is 9.79. The van der Waals surface area contributed by atoms with Gasteiger partial charge in [0, 0.05) is 5.69 Å². The Morgan fingerprint density at radius 3 is 2.61 bits per heavy atom. The molecular weight excluding hydrogens is 416 g/mol. The van der Waals surface area contributed by atoms with E-state index >= 15 is 0 Å². The monoisotopic (exact) mass is 436 g/mol. The van der Waals surface area contributed by atoms with E-state index in [4.69, 9.17) is 16.3 Å². The quantitative estimate of drug-likeness (QED) is 0.365. The van der Waals surface area contributed by atoms with Crippen molar-refractivity contribution in [3.63, 3.8) is 0 Å². The zero-order chi connectivity index (χ0) is 22.1. The van der Waals surface area contributed by atoms with Crippen LogP contribution in [0, 0.1) is 0 Å². The zero-order valence-electron chi connectivity index (χ0n) is 16.8. The van der Waals surface area contributed by atoms with Crippen LogP contribution in [-0.4, -0.2) is 31.7 Å². The number of benzene rings is 3. The second-order valence-corrected chi connectivity index (χ2v) is 6.81. The Bertz CT molecular complexity index is 1100. The van der Waals surface area contributed by atoms with Gasteiger partial charge in [-0.15, -0.1) is 0 Å². The highest BCUT2D eigenvalue weighted by Gasteiger charge is 2.09. The largest absolute Gasteiger partial charge is 0.495 e. The number of anilines is 2. The first kappa shape index (κ1) is 21.9. The smallest absolute Gasteiger partial charge is 0.259 e. The summed E-state index contributed by atoms with van der Waals surface area (Å²) in [6.07, 6.45) is 1.49. The molecule has 3 aromatic carbocycles. The molecule has 0 aliphatic heterocycles. The van der Waals surface area contributed by atoms with Crippen LogP contribution in [0.5, 0.6) is 5.75 Å². The standard InChI is InChI=1S/C23H21ClN4O3/c1-31-21-12-5-4-11-20(21)25-15-22(29)28-26-14-16-7-6-8-17(13-16)27-23(30)18-9-2-3-10-19(18)24/h2-14,25H,15H2,1H3,(H,27,30)(H,28,29)/b26-14+. The van der Waals surface area contributed by atoms with Gasteiger partial charge in [-0.2, -0.15) is 5.10 Å². The molecule has 0 spiro atoms. The summed E-state index contributed by atoms with van der Waals surface area (Å²) < 4.78 is 5.23.